The summed E-state index contributed by atoms with van der Waals surface area (Å²) in [7, 11) is 1.60. The molecule has 1 heterocycles. The van der Waals surface area contributed by atoms with Gasteiger partial charge in [-0.15, -0.1) is 0 Å². The maximum atomic E-state index is 12.2. The molecule has 0 aliphatic rings. The Labute approximate surface area is 140 Å². The molecule has 22 heavy (non-hydrogen) atoms. The third-order valence-corrected chi connectivity index (χ3v) is 4.47. The first-order chi connectivity index (χ1) is 10.6. The van der Waals surface area contributed by atoms with E-state index in [-0.39, 0.29) is 5.91 Å². The molecule has 0 bridgehead atoms. The van der Waals surface area contributed by atoms with E-state index >= 15 is 0 Å². The first kappa shape index (κ1) is 15.1. The second kappa shape index (κ2) is 6.12. The van der Waals surface area contributed by atoms with Gasteiger partial charge < -0.3 is 4.74 Å². The van der Waals surface area contributed by atoms with E-state index in [2.05, 4.69) is 10.3 Å². The number of anilines is 1. The summed E-state index contributed by atoms with van der Waals surface area (Å²) in [6.07, 6.45) is 0. The molecule has 0 saturated heterocycles. The van der Waals surface area contributed by atoms with Crippen LogP contribution in [0.1, 0.15) is 10.4 Å². The largest absolute Gasteiger partial charge is 0.497 e. The lowest BCUT2D eigenvalue weighted by molar-refractivity contribution is 0.102. The van der Waals surface area contributed by atoms with Crippen molar-refractivity contribution in [1.82, 2.24) is 4.98 Å². The summed E-state index contributed by atoms with van der Waals surface area (Å²) in [6.45, 7) is 0. The number of amides is 1. The third-order valence-electron chi connectivity index (χ3n) is 2.99. The molecule has 4 nitrogen and oxygen atoms in total. The molecular formula is C15H10Cl2N2O2S. The Bertz CT molecular complexity index is 864. The predicted molar refractivity (Wildman–Crippen MR) is 90.6 cm³/mol. The van der Waals surface area contributed by atoms with Crippen molar-refractivity contribution in [3.8, 4) is 5.75 Å². The molecule has 7 heteroatoms. The van der Waals surface area contributed by atoms with E-state index in [1.54, 1.807) is 19.2 Å². The zero-order valence-electron chi connectivity index (χ0n) is 11.4. The number of carbonyl (C=O) groups is 1. The fourth-order valence-corrected chi connectivity index (χ4v) is 3.31. The molecule has 0 aliphatic heterocycles. The van der Waals surface area contributed by atoms with E-state index in [1.807, 2.05) is 18.2 Å². The van der Waals surface area contributed by atoms with Crippen molar-refractivity contribution < 1.29 is 9.53 Å². The molecule has 1 aromatic heterocycles. The first-order valence-corrected chi connectivity index (χ1v) is 7.85. The Morgan fingerprint density at radius 3 is 2.77 bits per heavy atom. The summed E-state index contributed by atoms with van der Waals surface area (Å²) < 4.78 is 6.10. The molecule has 0 unspecified atom stereocenters. The predicted octanol–water partition coefficient (Wildman–Crippen LogP) is 4.86. The van der Waals surface area contributed by atoms with Gasteiger partial charge in [0.05, 0.1) is 27.9 Å². The Kier molecular flexibility index (Phi) is 4.20. The molecule has 0 atom stereocenters. The number of nitrogens with one attached hydrogen (secondary N) is 1. The number of halogens is 2. The molecule has 3 aromatic rings. The molecular weight excluding hydrogens is 343 g/mol. The van der Waals surface area contributed by atoms with Gasteiger partial charge in [0.15, 0.2) is 5.13 Å². The van der Waals surface area contributed by atoms with Crippen LogP contribution >= 0.6 is 34.5 Å². The number of ether oxygens (including phenoxy) is 1. The molecule has 1 amide bonds. The number of fused-ring (bicyclic) bond motifs is 1. The van der Waals surface area contributed by atoms with E-state index < -0.39 is 0 Å². The van der Waals surface area contributed by atoms with E-state index in [9.17, 15) is 4.79 Å². The summed E-state index contributed by atoms with van der Waals surface area (Å²) >= 11 is 13.2. The van der Waals surface area contributed by atoms with Crippen LogP contribution in [-0.2, 0) is 0 Å². The fraction of sp³-hybridized carbons (Fsp3) is 0.0667. The molecule has 112 valence electrons. The second-order valence-electron chi connectivity index (χ2n) is 4.43. The Balaban J connectivity index is 1.87. The van der Waals surface area contributed by atoms with Crippen LogP contribution in [0.3, 0.4) is 0 Å². The van der Waals surface area contributed by atoms with Gasteiger partial charge in [0, 0.05) is 5.02 Å². The van der Waals surface area contributed by atoms with Crippen molar-refractivity contribution in [2.75, 3.05) is 12.4 Å². The smallest absolute Gasteiger partial charge is 0.258 e. The van der Waals surface area contributed by atoms with Crippen molar-refractivity contribution in [2.45, 2.75) is 0 Å². The molecule has 0 radical (unpaired) electrons. The lowest BCUT2D eigenvalue weighted by Gasteiger charge is -2.04. The normalized spacial score (nSPS) is 10.7. The molecule has 0 saturated carbocycles. The van der Waals surface area contributed by atoms with Crippen molar-refractivity contribution in [3.63, 3.8) is 0 Å². The Morgan fingerprint density at radius 2 is 2.05 bits per heavy atom. The minimum absolute atomic E-state index is 0.299. The van der Waals surface area contributed by atoms with Gasteiger partial charge >= 0.3 is 0 Å². The zero-order chi connectivity index (χ0) is 15.7. The molecule has 0 aliphatic carbocycles. The first-order valence-electron chi connectivity index (χ1n) is 6.28. The molecule has 1 N–H and O–H groups in total. The van der Waals surface area contributed by atoms with Gasteiger partial charge in [-0.05, 0) is 36.4 Å². The standard InChI is InChI=1S/C15H10Cl2N2O2S/c1-21-9-3-5-12-13(7-9)22-15(18-12)19-14(20)10-4-2-8(16)6-11(10)17/h2-7H,1H3,(H,18,19,20). The van der Waals surface area contributed by atoms with Crippen LogP contribution in [0, 0.1) is 0 Å². The Hall–Kier alpha value is -1.82. The highest BCUT2D eigenvalue weighted by atomic mass is 35.5. The van der Waals surface area contributed by atoms with E-state index in [0.717, 1.165) is 16.0 Å². The van der Waals surface area contributed by atoms with Gasteiger partial charge in [-0.1, -0.05) is 34.5 Å². The van der Waals surface area contributed by atoms with Crippen LogP contribution in [0.4, 0.5) is 5.13 Å². The van der Waals surface area contributed by atoms with Crippen molar-refractivity contribution in [2.24, 2.45) is 0 Å². The third kappa shape index (κ3) is 3.02. The lowest BCUT2D eigenvalue weighted by Crippen LogP contribution is -2.12. The fourth-order valence-electron chi connectivity index (χ4n) is 1.92. The highest BCUT2D eigenvalue weighted by molar-refractivity contribution is 7.22. The quantitative estimate of drug-likeness (QED) is 0.731. The minimum atomic E-state index is -0.326. The number of hydrogen-bond acceptors (Lipinski definition) is 4. The van der Waals surface area contributed by atoms with Crippen LogP contribution in [0.15, 0.2) is 36.4 Å². The van der Waals surface area contributed by atoms with Crippen LogP contribution in [0.2, 0.25) is 10.0 Å². The van der Waals surface area contributed by atoms with Crippen LogP contribution in [0.25, 0.3) is 10.2 Å². The van der Waals surface area contributed by atoms with Crippen molar-refractivity contribution >= 4 is 55.8 Å². The number of hydrogen-bond donors (Lipinski definition) is 1. The van der Waals surface area contributed by atoms with Gasteiger partial charge in [0.25, 0.3) is 5.91 Å². The number of nitrogens with zero attached hydrogens (tertiary/aromatic N) is 1. The van der Waals surface area contributed by atoms with Gasteiger partial charge in [-0.2, -0.15) is 0 Å². The summed E-state index contributed by atoms with van der Waals surface area (Å²) in [5.41, 5.74) is 1.14. The van der Waals surface area contributed by atoms with Gasteiger partial charge in [-0.25, -0.2) is 4.98 Å². The molecule has 0 spiro atoms. The number of benzene rings is 2. The van der Waals surface area contributed by atoms with Crippen LogP contribution in [0.5, 0.6) is 5.75 Å². The molecule has 2 aromatic carbocycles. The average Bonchev–Trinajstić information content (AvgIpc) is 2.87. The summed E-state index contributed by atoms with van der Waals surface area (Å²) in [5, 5.41) is 4.02. The van der Waals surface area contributed by atoms with Gasteiger partial charge in [0.2, 0.25) is 0 Å². The highest BCUT2D eigenvalue weighted by Crippen LogP contribution is 2.30. The highest BCUT2D eigenvalue weighted by Gasteiger charge is 2.13. The maximum absolute atomic E-state index is 12.2. The number of rotatable bonds is 3. The Morgan fingerprint density at radius 1 is 1.23 bits per heavy atom. The van der Waals surface area contributed by atoms with Crippen LogP contribution in [-0.4, -0.2) is 18.0 Å². The van der Waals surface area contributed by atoms with Crippen molar-refractivity contribution in [3.05, 3.63) is 52.0 Å². The molecule has 3 rings (SSSR count). The SMILES string of the molecule is COc1ccc2nc(NC(=O)c3ccc(Cl)cc3Cl)sc2c1. The lowest BCUT2D eigenvalue weighted by atomic mass is 10.2. The topological polar surface area (TPSA) is 51.2 Å². The van der Waals surface area contributed by atoms with Gasteiger partial charge in [-0.3, -0.25) is 10.1 Å². The number of methoxy groups -OCH3 is 1. The van der Waals surface area contributed by atoms with Crippen molar-refractivity contribution in [1.29, 1.82) is 0 Å². The summed E-state index contributed by atoms with van der Waals surface area (Å²) in [6, 6.07) is 10.3. The zero-order valence-corrected chi connectivity index (χ0v) is 13.7. The minimum Gasteiger partial charge on any atom is -0.497 e. The molecule has 0 fully saturated rings. The number of aromatic nitrogens is 1. The summed E-state index contributed by atoms with van der Waals surface area (Å²) in [4.78, 5) is 16.6. The number of thiazole rings is 1. The van der Waals surface area contributed by atoms with E-state index in [0.29, 0.717) is 20.7 Å². The number of carbonyl (C=O) groups excluding carboxylic acids is 1. The van der Waals surface area contributed by atoms with Crippen LogP contribution < -0.4 is 10.1 Å². The maximum Gasteiger partial charge on any atom is 0.258 e. The summed E-state index contributed by atoms with van der Waals surface area (Å²) in [5.74, 6) is 0.419. The average molecular weight is 353 g/mol. The monoisotopic (exact) mass is 352 g/mol. The van der Waals surface area contributed by atoms with E-state index in [1.165, 1.54) is 17.4 Å². The second-order valence-corrected chi connectivity index (χ2v) is 6.31. The van der Waals surface area contributed by atoms with E-state index in [4.69, 9.17) is 27.9 Å². The van der Waals surface area contributed by atoms with Gasteiger partial charge in [0.1, 0.15) is 5.75 Å².